The Bertz CT molecular complexity index is 66.9. The fourth-order valence-corrected chi connectivity index (χ4v) is 1.75. The molecule has 0 radical (unpaired) electrons. The molecule has 0 aromatic rings. The second kappa shape index (κ2) is 2.80. The van der Waals surface area contributed by atoms with E-state index < -0.39 is 0 Å². The minimum absolute atomic E-state index is 0.00810. The lowest BCUT2D eigenvalue weighted by Gasteiger charge is -2.21. The zero-order valence-corrected chi connectivity index (χ0v) is 6.16. The summed E-state index contributed by atoms with van der Waals surface area (Å²) in [6.07, 6.45) is 4.48. The number of rotatable bonds is 0. The summed E-state index contributed by atoms with van der Waals surface area (Å²) in [7, 11) is 2.77. The highest BCUT2D eigenvalue weighted by Gasteiger charge is 2.15. The number of aliphatic hydroxyl groups is 1. The van der Waals surface area contributed by atoms with Gasteiger partial charge in [-0.2, -0.15) is 0 Å². The van der Waals surface area contributed by atoms with Crippen LogP contribution in [-0.4, -0.2) is 16.9 Å². The van der Waals surface area contributed by atoms with Crippen LogP contribution in [0, 0.1) is 0 Å². The third-order valence-electron chi connectivity index (χ3n) is 1.69. The molecular weight excluding hydrogens is 119 g/mol. The highest BCUT2D eigenvalue weighted by molar-refractivity contribution is 7.17. The third-order valence-corrected chi connectivity index (χ3v) is 2.29. The van der Waals surface area contributed by atoms with Gasteiger partial charge in [0.2, 0.25) is 0 Å². The molecule has 0 aromatic carbocycles. The predicted octanol–water partition coefficient (Wildman–Crippen LogP) is 1.16. The van der Waals surface area contributed by atoms with E-state index in [1.807, 2.05) is 0 Å². The van der Waals surface area contributed by atoms with Crippen LogP contribution in [0.15, 0.2) is 0 Å². The summed E-state index contributed by atoms with van der Waals surface area (Å²) >= 11 is 0. The van der Waals surface area contributed by atoms with Crippen LogP contribution in [-0.2, 0) is 0 Å². The second-order valence-electron chi connectivity index (χ2n) is 2.58. The van der Waals surface area contributed by atoms with Gasteiger partial charge >= 0.3 is 0 Å². The standard InChI is InChI=1S/C6H13OP/c7-5-2-1-3-6(8)4-5/h5-7H,1-4,8H2. The summed E-state index contributed by atoms with van der Waals surface area (Å²) in [4.78, 5) is 0. The molecule has 1 aliphatic rings. The number of hydrogen-bond acceptors (Lipinski definition) is 1. The average molecular weight is 132 g/mol. The molecule has 1 aliphatic carbocycles. The molecule has 1 rings (SSSR count). The molecular formula is C6H13OP. The molecule has 1 fully saturated rings. The summed E-state index contributed by atoms with van der Waals surface area (Å²) in [6, 6.07) is 0. The molecule has 8 heavy (non-hydrogen) atoms. The van der Waals surface area contributed by atoms with Gasteiger partial charge in [0.15, 0.2) is 0 Å². The molecule has 3 atom stereocenters. The molecule has 0 amide bonds. The van der Waals surface area contributed by atoms with Gasteiger partial charge < -0.3 is 5.11 Å². The lowest BCUT2D eigenvalue weighted by atomic mass is 9.97. The van der Waals surface area contributed by atoms with Crippen molar-refractivity contribution in [2.24, 2.45) is 0 Å². The summed E-state index contributed by atoms with van der Waals surface area (Å²) in [5.74, 6) is 0. The molecule has 0 heterocycles. The van der Waals surface area contributed by atoms with E-state index in [0.717, 1.165) is 12.8 Å². The first-order valence-electron chi connectivity index (χ1n) is 3.22. The second-order valence-corrected chi connectivity index (χ2v) is 3.52. The zero-order valence-electron chi connectivity index (χ0n) is 5.01. The van der Waals surface area contributed by atoms with Gasteiger partial charge in [-0.25, -0.2) is 0 Å². The summed E-state index contributed by atoms with van der Waals surface area (Å²) in [6.45, 7) is 0. The molecule has 2 heteroatoms. The molecule has 48 valence electrons. The van der Waals surface area contributed by atoms with Gasteiger partial charge in [0, 0.05) is 0 Å². The van der Waals surface area contributed by atoms with Crippen LogP contribution in [0.3, 0.4) is 0 Å². The Labute approximate surface area is 52.7 Å². The van der Waals surface area contributed by atoms with Crippen molar-refractivity contribution in [2.45, 2.75) is 37.4 Å². The molecule has 0 saturated heterocycles. The van der Waals surface area contributed by atoms with Gasteiger partial charge in [-0.1, -0.05) is 6.42 Å². The minimum Gasteiger partial charge on any atom is -0.393 e. The largest absolute Gasteiger partial charge is 0.393 e. The smallest absolute Gasteiger partial charge is 0.0546 e. The van der Waals surface area contributed by atoms with E-state index in [4.69, 9.17) is 5.11 Å². The minimum atomic E-state index is -0.00810. The summed E-state index contributed by atoms with van der Waals surface area (Å²) < 4.78 is 0. The maximum Gasteiger partial charge on any atom is 0.0546 e. The molecule has 1 nitrogen and oxygen atoms in total. The number of aliphatic hydroxyl groups excluding tert-OH is 1. The van der Waals surface area contributed by atoms with Crippen molar-refractivity contribution in [3.63, 3.8) is 0 Å². The Hall–Kier alpha value is 0.390. The van der Waals surface area contributed by atoms with E-state index in [9.17, 15) is 0 Å². The fourth-order valence-electron chi connectivity index (χ4n) is 1.20. The van der Waals surface area contributed by atoms with E-state index in [1.165, 1.54) is 12.8 Å². The Morgan fingerprint density at radius 3 is 2.50 bits per heavy atom. The third kappa shape index (κ3) is 1.72. The first kappa shape index (κ1) is 6.51. The maximum atomic E-state index is 9.07. The SMILES string of the molecule is OC1CCCC(P)C1. The summed E-state index contributed by atoms with van der Waals surface area (Å²) in [5, 5.41) is 9.07. The molecule has 3 unspecified atom stereocenters. The lowest BCUT2D eigenvalue weighted by Crippen LogP contribution is -2.18. The Balaban J connectivity index is 2.23. The van der Waals surface area contributed by atoms with Crippen molar-refractivity contribution < 1.29 is 5.11 Å². The van der Waals surface area contributed by atoms with E-state index >= 15 is 0 Å². The van der Waals surface area contributed by atoms with E-state index in [-0.39, 0.29) is 6.10 Å². The van der Waals surface area contributed by atoms with Gasteiger partial charge in [0.1, 0.15) is 0 Å². The Morgan fingerprint density at radius 2 is 2.12 bits per heavy atom. The van der Waals surface area contributed by atoms with E-state index in [0.29, 0.717) is 5.66 Å². The quantitative estimate of drug-likeness (QED) is 0.490. The first-order valence-corrected chi connectivity index (χ1v) is 3.89. The van der Waals surface area contributed by atoms with Gasteiger partial charge in [-0.15, -0.1) is 9.24 Å². The van der Waals surface area contributed by atoms with Crippen molar-refractivity contribution in [3.05, 3.63) is 0 Å². The van der Waals surface area contributed by atoms with Gasteiger partial charge in [-0.3, -0.25) is 0 Å². The molecule has 0 aliphatic heterocycles. The molecule has 1 N–H and O–H groups in total. The molecule has 1 saturated carbocycles. The highest BCUT2D eigenvalue weighted by Crippen LogP contribution is 2.23. The molecule has 0 spiro atoms. The lowest BCUT2D eigenvalue weighted by molar-refractivity contribution is 0.133. The van der Waals surface area contributed by atoms with Crippen LogP contribution < -0.4 is 0 Å². The van der Waals surface area contributed by atoms with Crippen molar-refractivity contribution in [2.75, 3.05) is 0 Å². The summed E-state index contributed by atoms with van der Waals surface area (Å²) in [5.41, 5.74) is 0.679. The van der Waals surface area contributed by atoms with Crippen LogP contribution >= 0.6 is 9.24 Å². The Morgan fingerprint density at radius 1 is 1.38 bits per heavy atom. The van der Waals surface area contributed by atoms with Crippen LogP contribution in [0.25, 0.3) is 0 Å². The predicted molar refractivity (Wildman–Crippen MR) is 38.0 cm³/mol. The van der Waals surface area contributed by atoms with Crippen molar-refractivity contribution in [3.8, 4) is 0 Å². The zero-order chi connectivity index (χ0) is 5.98. The van der Waals surface area contributed by atoms with Crippen LogP contribution in [0.5, 0.6) is 0 Å². The van der Waals surface area contributed by atoms with Crippen LogP contribution in [0.2, 0.25) is 0 Å². The average Bonchev–Trinajstić information content (AvgIpc) is 1.64. The normalized spacial score (nSPS) is 39.8. The van der Waals surface area contributed by atoms with Crippen molar-refractivity contribution in [1.82, 2.24) is 0 Å². The Kier molecular flexibility index (Phi) is 2.27. The fraction of sp³-hybridized carbons (Fsp3) is 1.00. The van der Waals surface area contributed by atoms with Gasteiger partial charge in [-0.05, 0) is 24.9 Å². The van der Waals surface area contributed by atoms with Crippen LogP contribution in [0.4, 0.5) is 0 Å². The molecule has 0 aromatic heterocycles. The highest BCUT2D eigenvalue weighted by atomic mass is 31.0. The number of hydrogen-bond donors (Lipinski definition) is 1. The van der Waals surface area contributed by atoms with Crippen molar-refractivity contribution in [1.29, 1.82) is 0 Å². The topological polar surface area (TPSA) is 20.2 Å². The van der Waals surface area contributed by atoms with Crippen LogP contribution in [0.1, 0.15) is 25.7 Å². The van der Waals surface area contributed by atoms with Gasteiger partial charge in [0.25, 0.3) is 0 Å². The van der Waals surface area contributed by atoms with Gasteiger partial charge in [0.05, 0.1) is 6.10 Å². The van der Waals surface area contributed by atoms with E-state index in [2.05, 4.69) is 9.24 Å². The van der Waals surface area contributed by atoms with Crippen molar-refractivity contribution >= 4 is 9.24 Å². The molecule has 0 bridgehead atoms. The van der Waals surface area contributed by atoms with E-state index in [1.54, 1.807) is 0 Å². The maximum absolute atomic E-state index is 9.07. The monoisotopic (exact) mass is 132 g/mol. The first-order chi connectivity index (χ1) is 3.79.